The van der Waals surface area contributed by atoms with Gasteiger partial charge in [0.25, 0.3) is 0 Å². The monoisotopic (exact) mass is 489 g/mol. The number of pyridine rings is 1. The second-order valence-electron chi connectivity index (χ2n) is 9.16. The molecule has 1 atom stereocenters. The van der Waals surface area contributed by atoms with Gasteiger partial charge in [-0.05, 0) is 65.6 Å². The number of hydrogen-bond acceptors (Lipinski definition) is 6. The van der Waals surface area contributed by atoms with E-state index in [1.807, 2.05) is 17.5 Å². The number of fused-ring (bicyclic) bond motifs is 2. The molecule has 7 heteroatoms. The Morgan fingerprint density at radius 2 is 1.89 bits per heavy atom. The highest BCUT2D eigenvalue weighted by Gasteiger charge is 2.24. The van der Waals surface area contributed by atoms with Crippen molar-refractivity contribution in [2.75, 3.05) is 6.54 Å². The van der Waals surface area contributed by atoms with Crippen molar-refractivity contribution in [2.45, 2.75) is 58.3 Å². The number of aliphatic hydroxyl groups is 1. The molecule has 0 radical (unpaired) electrons. The summed E-state index contributed by atoms with van der Waals surface area (Å²) in [4.78, 5) is 19.2. The van der Waals surface area contributed by atoms with Crippen LogP contribution in [0.3, 0.4) is 0 Å². The van der Waals surface area contributed by atoms with Crippen molar-refractivity contribution in [3.8, 4) is 5.75 Å². The zero-order chi connectivity index (χ0) is 24.4. The lowest BCUT2D eigenvalue weighted by Gasteiger charge is -2.19. The molecule has 1 aliphatic carbocycles. The van der Waals surface area contributed by atoms with Gasteiger partial charge in [0.1, 0.15) is 12.4 Å². The van der Waals surface area contributed by atoms with E-state index in [0.717, 1.165) is 42.3 Å². The SMILES string of the molecule is CCc1cc2c(cc1CC)CC(NC[C@@H](O)c1ccc(OCc3cscn3)c3[nH]c(=O)ccc13)C2. The van der Waals surface area contributed by atoms with Crippen molar-refractivity contribution in [3.05, 3.63) is 91.2 Å². The maximum Gasteiger partial charge on any atom is 0.248 e. The van der Waals surface area contributed by atoms with Crippen LogP contribution in [0.1, 0.15) is 53.5 Å². The first-order chi connectivity index (χ1) is 17.1. The molecule has 0 saturated carbocycles. The number of thiazole rings is 1. The molecule has 0 saturated heterocycles. The Labute approximate surface area is 209 Å². The summed E-state index contributed by atoms with van der Waals surface area (Å²) in [5.74, 6) is 0.569. The van der Waals surface area contributed by atoms with E-state index in [9.17, 15) is 9.90 Å². The number of aromatic nitrogens is 2. The fourth-order valence-corrected chi connectivity index (χ4v) is 5.63. The van der Waals surface area contributed by atoms with Crippen molar-refractivity contribution in [1.29, 1.82) is 0 Å². The Morgan fingerprint density at radius 1 is 1.14 bits per heavy atom. The second kappa shape index (κ2) is 10.3. The summed E-state index contributed by atoms with van der Waals surface area (Å²) in [5, 5.41) is 17.4. The number of nitrogens with zero attached hydrogens (tertiary/aromatic N) is 1. The number of aryl methyl sites for hydroxylation is 2. The number of H-pyrrole nitrogens is 1. The van der Waals surface area contributed by atoms with Gasteiger partial charge in [0.2, 0.25) is 5.56 Å². The fourth-order valence-electron chi connectivity index (χ4n) is 5.08. The smallest absolute Gasteiger partial charge is 0.248 e. The molecular formula is C28H31N3O3S. The van der Waals surface area contributed by atoms with Crippen molar-refractivity contribution in [3.63, 3.8) is 0 Å². The van der Waals surface area contributed by atoms with E-state index in [0.29, 0.717) is 30.5 Å². The average Bonchev–Trinajstić information content (AvgIpc) is 3.54. The van der Waals surface area contributed by atoms with Crippen LogP contribution in [0, 0.1) is 0 Å². The number of aliphatic hydroxyl groups excluding tert-OH is 1. The highest BCUT2D eigenvalue weighted by Crippen LogP contribution is 2.31. The lowest BCUT2D eigenvalue weighted by atomic mass is 9.97. The van der Waals surface area contributed by atoms with Gasteiger partial charge < -0.3 is 20.1 Å². The minimum Gasteiger partial charge on any atom is -0.485 e. The molecule has 4 aromatic rings. The molecule has 182 valence electrons. The maximum atomic E-state index is 12.1. The third-order valence-corrected chi connectivity index (χ3v) is 7.56. The summed E-state index contributed by atoms with van der Waals surface area (Å²) in [5.41, 5.74) is 9.50. The van der Waals surface area contributed by atoms with Crippen molar-refractivity contribution in [2.24, 2.45) is 0 Å². The minimum atomic E-state index is -0.711. The summed E-state index contributed by atoms with van der Waals surface area (Å²) in [7, 11) is 0. The van der Waals surface area contributed by atoms with Gasteiger partial charge in [-0.15, -0.1) is 11.3 Å². The predicted octanol–water partition coefficient (Wildman–Crippen LogP) is 4.48. The van der Waals surface area contributed by atoms with Gasteiger partial charge in [0.05, 0.1) is 22.8 Å². The number of benzene rings is 2. The van der Waals surface area contributed by atoms with E-state index in [2.05, 4.69) is 41.3 Å². The van der Waals surface area contributed by atoms with E-state index in [4.69, 9.17) is 4.74 Å². The van der Waals surface area contributed by atoms with Crippen LogP contribution in [0.4, 0.5) is 0 Å². The van der Waals surface area contributed by atoms with Gasteiger partial charge >= 0.3 is 0 Å². The fraction of sp³-hybridized carbons (Fsp3) is 0.357. The van der Waals surface area contributed by atoms with Gasteiger partial charge in [0, 0.05) is 29.4 Å². The van der Waals surface area contributed by atoms with Crippen LogP contribution in [0.15, 0.2) is 52.1 Å². The van der Waals surface area contributed by atoms with E-state index >= 15 is 0 Å². The Hall–Kier alpha value is -3.00. The molecular weight excluding hydrogens is 458 g/mol. The van der Waals surface area contributed by atoms with Crippen LogP contribution >= 0.6 is 11.3 Å². The molecule has 0 bridgehead atoms. The van der Waals surface area contributed by atoms with Crippen molar-refractivity contribution < 1.29 is 9.84 Å². The maximum absolute atomic E-state index is 12.1. The van der Waals surface area contributed by atoms with E-state index in [1.165, 1.54) is 39.7 Å². The van der Waals surface area contributed by atoms with Crippen LogP contribution in [0.5, 0.6) is 5.75 Å². The molecule has 0 unspecified atom stereocenters. The number of ether oxygens (including phenoxy) is 1. The van der Waals surface area contributed by atoms with Gasteiger partial charge in [0.15, 0.2) is 0 Å². The summed E-state index contributed by atoms with van der Waals surface area (Å²) < 4.78 is 5.94. The first-order valence-corrected chi connectivity index (χ1v) is 13.2. The van der Waals surface area contributed by atoms with Crippen LogP contribution in [-0.4, -0.2) is 27.7 Å². The van der Waals surface area contributed by atoms with E-state index < -0.39 is 6.10 Å². The number of aromatic amines is 1. The minimum absolute atomic E-state index is 0.206. The lowest BCUT2D eigenvalue weighted by molar-refractivity contribution is 0.171. The van der Waals surface area contributed by atoms with Crippen LogP contribution in [0.2, 0.25) is 0 Å². The molecule has 6 nitrogen and oxygen atoms in total. The highest BCUT2D eigenvalue weighted by molar-refractivity contribution is 7.07. The van der Waals surface area contributed by atoms with Crippen molar-refractivity contribution >= 4 is 22.2 Å². The topological polar surface area (TPSA) is 87.2 Å². The molecule has 2 aromatic carbocycles. The largest absolute Gasteiger partial charge is 0.485 e. The number of nitrogens with one attached hydrogen (secondary N) is 2. The molecule has 0 aliphatic heterocycles. The zero-order valence-electron chi connectivity index (χ0n) is 20.1. The Morgan fingerprint density at radius 3 is 2.54 bits per heavy atom. The standard InChI is InChI=1S/C28H31N3O3S/c1-3-17-9-19-11-21(12-20(19)10-18(17)4-2)29-13-25(32)23-5-7-26(34-14-22-15-35-16-30-22)28-24(23)6-8-27(33)31-28/h5-10,15-16,21,25,29,32H,3-4,11-14H2,1-2H3,(H,31,33)/t25-/m1/s1. The molecule has 5 rings (SSSR count). The molecule has 0 fully saturated rings. The van der Waals surface area contributed by atoms with Gasteiger partial charge in [-0.1, -0.05) is 32.0 Å². The molecule has 3 N–H and O–H groups in total. The first kappa shape index (κ1) is 23.7. The molecule has 1 aliphatic rings. The van der Waals surface area contributed by atoms with Crippen LogP contribution in [-0.2, 0) is 32.3 Å². The van der Waals surface area contributed by atoms with E-state index in [-0.39, 0.29) is 5.56 Å². The first-order valence-electron chi connectivity index (χ1n) is 12.3. The Bertz CT molecular complexity index is 1350. The molecule has 35 heavy (non-hydrogen) atoms. The highest BCUT2D eigenvalue weighted by atomic mass is 32.1. The molecule has 2 heterocycles. The van der Waals surface area contributed by atoms with Crippen LogP contribution < -0.4 is 15.6 Å². The molecule has 2 aromatic heterocycles. The molecule has 0 amide bonds. The summed E-state index contributed by atoms with van der Waals surface area (Å²) in [6.07, 6.45) is 3.38. The summed E-state index contributed by atoms with van der Waals surface area (Å²) in [6.45, 7) is 5.19. The zero-order valence-corrected chi connectivity index (χ0v) is 21.0. The van der Waals surface area contributed by atoms with Crippen molar-refractivity contribution in [1.82, 2.24) is 15.3 Å². The third-order valence-electron chi connectivity index (χ3n) is 6.92. The Kier molecular flexibility index (Phi) is 7.00. The third kappa shape index (κ3) is 5.03. The Balaban J connectivity index is 1.30. The predicted molar refractivity (Wildman–Crippen MR) is 140 cm³/mol. The van der Waals surface area contributed by atoms with Crippen LogP contribution in [0.25, 0.3) is 10.9 Å². The summed E-state index contributed by atoms with van der Waals surface area (Å²) >= 11 is 1.51. The van der Waals surface area contributed by atoms with Gasteiger partial charge in [-0.3, -0.25) is 4.79 Å². The quantitative estimate of drug-likeness (QED) is 0.323. The van der Waals surface area contributed by atoms with Gasteiger partial charge in [-0.25, -0.2) is 4.98 Å². The number of rotatable bonds is 9. The number of hydrogen-bond donors (Lipinski definition) is 3. The lowest BCUT2D eigenvalue weighted by Crippen LogP contribution is -2.33. The summed E-state index contributed by atoms with van der Waals surface area (Å²) in [6, 6.07) is 12.0. The van der Waals surface area contributed by atoms with Gasteiger partial charge in [-0.2, -0.15) is 0 Å². The average molecular weight is 490 g/mol. The van der Waals surface area contributed by atoms with E-state index in [1.54, 1.807) is 11.6 Å². The second-order valence-corrected chi connectivity index (χ2v) is 9.88. The normalized spacial score (nSPS) is 14.4. The molecule has 0 spiro atoms.